The summed E-state index contributed by atoms with van der Waals surface area (Å²) in [5.74, 6) is 0. The fourth-order valence-electron chi connectivity index (χ4n) is 0.932. The van der Waals surface area contributed by atoms with Gasteiger partial charge in [0.2, 0.25) is 0 Å². The van der Waals surface area contributed by atoms with Crippen LogP contribution in [0.25, 0.3) is 0 Å². The predicted molar refractivity (Wildman–Crippen MR) is 47.4 cm³/mol. The van der Waals surface area contributed by atoms with Crippen LogP contribution in [-0.2, 0) is 6.42 Å². The summed E-state index contributed by atoms with van der Waals surface area (Å²) >= 11 is 5.62. The molecule has 0 amide bonds. The van der Waals surface area contributed by atoms with Gasteiger partial charge in [-0.2, -0.15) is 5.26 Å². The Morgan fingerprint density at radius 1 is 1.54 bits per heavy atom. The summed E-state index contributed by atoms with van der Waals surface area (Å²) in [5.41, 5.74) is 0.472. The number of hydrogen-bond acceptors (Lipinski definition) is 3. The Morgan fingerprint density at radius 2 is 2.23 bits per heavy atom. The maximum atomic E-state index is 10.4. The maximum Gasteiger partial charge on any atom is 0.271 e. The van der Waals surface area contributed by atoms with E-state index in [1.54, 1.807) is 0 Å². The van der Waals surface area contributed by atoms with Gasteiger partial charge in [0.25, 0.3) is 5.69 Å². The van der Waals surface area contributed by atoms with Gasteiger partial charge in [0.05, 0.1) is 17.4 Å². The van der Waals surface area contributed by atoms with Gasteiger partial charge in [0, 0.05) is 17.2 Å². The van der Waals surface area contributed by atoms with E-state index in [1.807, 2.05) is 6.07 Å². The van der Waals surface area contributed by atoms with Crippen molar-refractivity contribution in [2.75, 3.05) is 0 Å². The third kappa shape index (κ3) is 2.42. The molecular formula is C8H5ClN2O2. The molecule has 0 radical (unpaired) electrons. The third-order valence-electron chi connectivity index (χ3n) is 1.44. The molecule has 13 heavy (non-hydrogen) atoms. The van der Waals surface area contributed by atoms with Crippen LogP contribution in [0.5, 0.6) is 0 Å². The Bertz CT molecular complexity index is 384. The van der Waals surface area contributed by atoms with E-state index in [-0.39, 0.29) is 17.1 Å². The molecule has 0 N–H and O–H groups in total. The largest absolute Gasteiger partial charge is 0.271 e. The highest BCUT2D eigenvalue weighted by Gasteiger charge is 2.08. The van der Waals surface area contributed by atoms with E-state index in [0.29, 0.717) is 5.56 Å². The standard InChI is InChI=1S/C8H5ClN2O2/c9-7-3-6(1-2-10)4-8(5-7)11(12)13/h3-5H,1H2. The number of hydrogen-bond donors (Lipinski definition) is 0. The lowest BCUT2D eigenvalue weighted by atomic mass is 10.1. The van der Waals surface area contributed by atoms with Gasteiger partial charge in [-0.15, -0.1) is 0 Å². The van der Waals surface area contributed by atoms with Crippen LogP contribution in [0.2, 0.25) is 5.02 Å². The van der Waals surface area contributed by atoms with E-state index >= 15 is 0 Å². The molecule has 1 aromatic carbocycles. The Balaban J connectivity index is 3.12. The zero-order chi connectivity index (χ0) is 9.84. The molecule has 0 aliphatic rings. The van der Waals surface area contributed by atoms with Gasteiger partial charge in [0.1, 0.15) is 0 Å². The topological polar surface area (TPSA) is 66.9 Å². The number of nitro groups is 1. The highest BCUT2D eigenvalue weighted by atomic mass is 35.5. The van der Waals surface area contributed by atoms with Gasteiger partial charge >= 0.3 is 0 Å². The molecule has 0 bridgehead atoms. The van der Waals surface area contributed by atoms with E-state index in [9.17, 15) is 10.1 Å². The Hall–Kier alpha value is -1.60. The fraction of sp³-hybridized carbons (Fsp3) is 0.125. The van der Waals surface area contributed by atoms with Gasteiger partial charge in [-0.1, -0.05) is 11.6 Å². The summed E-state index contributed by atoms with van der Waals surface area (Å²) in [4.78, 5) is 9.84. The number of nitrogens with zero attached hydrogens (tertiary/aromatic N) is 2. The second-order valence-corrected chi connectivity index (χ2v) is 2.85. The molecule has 5 heteroatoms. The van der Waals surface area contributed by atoms with Crippen LogP contribution in [0, 0.1) is 21.4 Å². The van der Waals surface area contributed by atoms with Gasteiger partial charge in [-0.05, 0) is 11.6 Å². The van der Waals surface area contributed by atoms with Gasteiger partial charge in [-0.25, -0.2) is 0 Å². The minimum Gasteiger partial charge on any atom is -0.258 e. The van der Waals surface area contributed by atoms with Crippen LogP contribution in [0.4, 0.5) is 5.69 Å². The van der Waals surface area contributed by atoms with Crippen molar-refractivity contribution in [1.29, 1.82) is 5.26 Å². The number of non-ortho nitro benzene ring substituents is 1. The third-order valence-corrected chi connectivity index (χ3v) is 1.65. The smallest absolute Gasteiger partial charge is 0.258 e. The molecule has 4 nitrogen and oxygen atoms in total. The molecule has 66 valence electrons. The SMILES string of the molecule is N#CCc1cc(Cl)cc([N+](=O)[O-])c1. The molecule has 0 saturated carbocycles. The number of benzene rings is 1. The van der Waals surface area contributed by atoms with Crippen molar-refractivity contribution in [3.05, 3.63) is 38.9 Å². The van der Waals surface area contributed by atoms with Gasteiger partial charge in [-0.3, -0.25) is 10.1 Å². The first kappa shape index (κ1) is 9.49. The molecule has 0 saturated heterocycles. The maximum absolute atomic E-state index is 10.4. The monoisotopic (exact) mass is 196 g/mol. The summed E-state index contributed by atoms with van der Waals surface area (Å²) in [6, 6.07) is 6.03. The molecule has 0 spiro atoms. The molecule has 0 aromatic heterocycles. The van der Waals surface area contributed by atoms with Crippen molar-refractivity contribution < 1.29 is 4.92 Å². The average Bonchev–Trinajstić information content (AvgIpc) is 2.03. The van der Waals surface area contributed by atoms with Crippen LogP contribution < -0.4 is 0 Å². The number of halogens is 1. The van der Waals surface area contributed by atoms with Crippen molar-refractivity contribution in [3.8, 4) is 6.07 Å². The Kier molecular flexibility index (Phi) is 2.83. The van der Waals surface area contributed by atoms with Gasteiger partial charge < -0.3 is 0 Å². The molecule has 0 heterocycles. The van der Waals surface area contributed by atoms with Crippen molar-refractivity contribution in [1.82, 2.24) is 0 Å². The molecule has 1 aromatic rings. The summed E-state index contributed by atoms with van der Waals surface area (Å²) in [6.45, 7) is 0. The summed E-state index contributed by atoms with van der Waals surface area (Å²) in [5, 5.41) is 19.0. The highest BCUT2D eigenvalue weighted by Crippen LogP contribution is 2.20. The van der Waals surface area contributed by atoms with E-state index in [1.165, 1.54) is 18.2 Å². The van der Waals surface area contributed by atoms with Crippen molar-refractivity contribution in [2.45, 2.75) is 6.42 Å². The van der Waals surface area contributed by atoms with Crippen LogP contribution in [0.3, 0.4) is 0 Å². The Labute approximate surface area is 79.5 Å². The fourth-order valence-corrected chi connectivity index (χ4v) is 1.18. The summed E-state index contributed by atoms with van der Waals surface area (Å²) in [7, 11) is 0. The molecule has 1 rings (SSSR count). The molecule has 0 atom stereocenters. The van der Waals surface area contributed by atoms with Crippen LogP contribution in [-0.4, -0.2) is 4.92 Å². The molecular weight excluding hydrogens is 192 g/mol. The minimum atomic E-state index is -0.535. The van der Waals surface area contributed by atoms with Gasteiger partial charge in [0.15, 0.2) is 0 Å². The highest BCUT2D eigenvalue weighted by molar-refractivity contribution is 6.30. The second-order valence-electron chi connectivity index (χ2n) is 2.41. The molecule has 0 fully saturated rings. The first-order valence-electron chi connectivity index (χ1n) is 3.44. The van der Waals surface area contributed by atoms with E-state index < -0.39 is 4.92 Å². The average molecular weight is 197 g/mol. The zero-order valence-electron chi connectivity index (χ0n) is 6.53. The summed E-state index contributed by atoms with van der Waals surface area (Å²) < 4.78 is 0. The molecule has 0 aliphatic heterocycles. The van der Waals surface area contributed by atoms with E-state index in [4.69, 9.17) is 16.9 Å². The lowest BCUT2D eigenvalue weighted by Crippen LogP contribution is -1.90. The quantitative estimate of drug-likeness (QED) is 0.539. The lowest BCUT2D eigenvalue weighted by Gasteiger charge is -1.96. The Morgan fingerprint density at radius 3 is 2.77 bits per heavy atom. The van der Waals surface area contributed by atoms with E-state index in [2.05, 4.69) is 0 Å². The van der Waals surface area contributed by atoms with Crippen LogP contribution in [0.15, 0.2) is 18.2 Å². The predicted octanol–water partition coefficient (Wildman–Crippen LogP) is 2.31. The zero-order valence-corrected chi connectivity index (χ0v) is 7.28. The van der Waals surface area contributed by atoms with Crippen molar-refractivity contribution >= 4 is 17.3 Å². The van der Waals surface area contributed by atoms with E-state index in [0.717, 1.165) is 0 Å². The molecule has 0 aliphatic carbocycles. The normalized spacial score (nSPS) is 9.23. The second kappa shape index (κ2) is 3.87. The number of rotatable bonds is 2. The minimum absolute atomic E-state index is 0.0854. The summed E-state index contributed by atoms with van der Waals surface area (Å²) in [6.07, 6.45) is 0.126. The van der Waals surface area contributed by atoms with Crippen molar-refractivity contribution in [2.24, 2.45) is 0 Å². The first-order valence-corrected chi connectivity index (χ1v) is 3.82. The van der Waals surface area contributed by atoms with Crippen LogP contribution >= 0.6 is 11.6 Å². The lowest BCUT2D eigenvalue weighted by molar-refractivity contribution is -0.384. The molecule has 0 unspecified atom stereocenters. The number of nitro benzene ring substituents is 1. The number of nitriles is 1. The first-order chi connectivity index (χ1) is 6.13. The van der Waals surface area contributed by atoms with Crippen LogP contribution in [0.1, 0.15) is 5.56 Å². The van der Waals surface area contributed by atoms with Crippen molar-refractivity contribution in [3.63, 3.8) is 0 Å².